The molecule has 0 aromatic heterocycles. The van der Waals surface area contributed by atoms with Crippen LogP contribution in [0.15, 0.2) is 0 Å². The number of amides is 1. The van der Waals surface area contributed by atoms with Crippen molar-refractivity contribution in [2.45, 2.75) is 0 Å². The Hall–Kier alpha value is -0.690. The third kappa shape index (κ3) is 13.3. The highest BCUT2D eigenvalue weighted by Crippen LogP contribution is 1.80. The normalized spacial score (nSPS) is 10.3. The minimum absolute atomic E-state index is 0.515. The van der Waals surface area contributed by atoms with Crippen molar-refractivity contribution in [3.05, 3.63) is 0 Å². The van der Waals surface area contributed by atoms with Gasteiger partial charge in [0.2, 0.25) is 6.41 Å². The Labute approximate surface area is 96.6 Å². The maximum Gasteiger partial charge on any atom is 0.207 e. The van der Waals surface area contributed by atoms with Crippen molar-refractivity contribution in [3.63, 3.8) is 0 Å². The average molecular weight is 234 g/mol. The Morgan fingerprint density at radius 2 is 1.38 bits per heavy atom. The Morgan fingerprint density at radius 1 is 0.875 bits per heavy atom. The van der Waals surface area contributed by atoms with Gasteiger partial charge < -0.3 is 24.8 Å². The maximum atomic E-state index is 9.88. The van der Waals surface area contributed by atoms with Crippen LogP contribution in [0.4, 0.5) is 0 Å². The highest BCUT2D eigenvalue weighted by molar-refractivity contribution is 5.45. The molecule has 0 heterocycles. The standard InChI is InChI=1S/C10H22N2O4/c1-11-2-4-14-6-8-16-9-7-15-5-3-12-10-13/h10-11H,2-9H2,1H3,(H,12,13). The van der Waals surface area contributed by atoms with Crippen LogP contribution >= 0.6 is 0 Å². The molecule has 1 amide bonds. The van der Waals surface area contributed by atoms with Gasteiger partial charge in [0.25, 0.3) is 0 Å². The van der Waals surface area contributed by atoms with Gasteiger partial charge in [-0.1, -0.05) is 0 Å². The lowest BCUT2D eigenvalue weighted by Crippen LogP contribution is -2.19. The second-order valence-electron chi connectivity index (χ2n) is 3.01. The predicted molar refractivity (Wildman–Crippen MR) is 60.5 cm³/mol. The van der Waals surface area contributed by atoms with Gasteiger partial charge in [-0.2, -0.15) is 0 Å². The molecule has 0 spiro atoms. The highest BCUT2D eigenvalue weighted by Gasteiger charge is 1.91. The van der Waals surface area contributed by atoms with Gasteiger partial charge in [-0.15, -0.1) is 0 Å². The Kier molecular flexibility index (Phi) is 13.7. The number of hydrogen-bond donors (Lipinski definition) is 2. The van der Waals surface area contributed by atoms with Gasteiger partial charge in [-0.3, -0.25) is 4.79 Å². The van der Waals surface area contributed by atoms with Crippen LogP contribution in [-0.2, 0) is 19.0 Å². The van der Waals surface area contributed by atoms with Crippen LogP contribution in [0.5, 0.6) is 0 Å². The zero-order valence-electron chi connectivity index (χ0n) is 9.87. The first-order valence-electron chi connectivity index (χ1n) is 5.46. The molecule has 0 aromatic rings. The van der Waals surface area contributed by atoms with E-state index in [0.29, 0.717) is 52.6 Å². The molecule has 96 valence electrons. The van der Waals surface area contributed by atoms with E-state index in [1.807, 2.05) is 7.05 Å². The molecule has 0 aliphatic carbocycles. The fourth-order valence-corrected chi connectivity index (χ4v) is 0.906. The fourth-order valence-electron chi connectivity index (χ4n) is 0.906. The van der Waals surface area contributed by atoms with Crippen LogP contribution in [0.2, 0.25) is 0 Å². The fraction of sp³-hybridized carbons (Fsp3) is 0.900. The molecular weight excluding hydrogens is 212 g/mol. The minimum Gasteiger partial charge on any atom is -0.378 e. The summed E-state index contributed by atoms with van der Waals surface area (Å²) in [6, 6.07) is 0. The smallest absolute Gasteiger partial charge is 0.207 e. The van der Waals surface area contributed by atoms with Gasteiger partial charge in [0.1, 0.15) is 0 Å². The average Bonchev–Trinajstić information content (AvgIpc) is 2.31. The van der Waals surface area contributed by atoms with Crippen LogP contribution in [0.1, 0.15) is 0 Å². The van der Waals surface area contributed by atoms with Gasteiger partial charge in [0.05, 0.1) is 39.6 Å². The Balaban J connectivity index is 2.85. The van der Waals surface area contributed by atoms with Gasteiger partial charge in [-0.05, 0) is 7.05 Å². The summed E-state index contributed by atoms with van der Waals surface area (Å²) in [6.07, 6.45) is 0.655. The van der Waals surface area contributed by atoms with Crippen LogP contribution < -0.4 is 10.6 Å². The minimum atomic E-state index is 0.515. The van der Waals surface area contributed by atoms with Gasteiger partial charge >= 0.3 is 0 Å². The SMILES string of the molecule is CNCCOCCOCCOCCNC=O. The monoisotopic (exact) mass is 234 g/mol. The predicted octanol–water partition coefficient (Wildman–Crippen LogP) is -0.998. The molecule has 0 unspecified atom stereocenters. The zero-order valence-corrected chi connectivity index (χ0v) is 9.87. The lowest BCUT2D eigenvalue weighted by atomic mass is 10.6. The molecule has 0 saturated heterocycles. The summed E-state index contributed by atoms with van der Waals surface area (Å²) in [7, 11) is 1.89. The molecule has 16 heavy (non-hydrogen) atoms. The molecule has 0 aliphatic heterocycles. The number of carbonyl (C=O) groups excluding carboxylic acids is 1. The van der Waals surface area contributed by atoms with Crippen molar-refractivity contribution in [2.24, 2.45) is 0 Å². The van der Waals surface area contributed by atoms with E-state index >= 15 is 0 Å². The van der Waals surface area contributed by atoms with Crippen molar-refractivity contribution in [3.8, 4) is 0 Å². The lowest BCUT2D eigenvalue weighted by Gasteiger charge is -2.06. The Morgan fingerprint density at radius 3 is 1.88 bits per heavy atom. The van der Waals surface area contributed by atoms with Crippen LogP contribution in [0.3, 0.4) is 0 Å². The van der Waals surface area contributed by atoms with E-state index < -0.39 is 0 Å². The number of carbonyl (C=O) groups is 1. The number of nitrogens with one attached hydrogen (secondary N) is 2. The largest absolute Gasteiger partial charge is 0.378 e. The van der Waals surface area contributed by atoms with E-state index in [1.165, 1.54) is 0 Å². The van der Waals surface area contributed by atoms with Crippen molar-refractivity contribution in [1.29, 1.82) is 0 Å². The summed E-state index contributed by atoms with van der Waals surface area (Å²) in [5.74, 6) is 0. The molecule has 0 aromatic carbocycles. The van der Waals surface area contributed by atoms with E-state index in [4.69, 9.17) is 14.2 Å². The molecule has 6 nitrogen and oxygen atoms in total. The first-order valence-corrected chi connectivity index (χ1v) is 5.46. The summed E-state index contributed by atoms with van der Waals surface area (Å²) in [5.41, 5.74) is 0. The van der Waals surface area contributed by atoms with E-state index in [1.54, 1.807) is 0 Å². The Bertz CT molecular complexity index is 147. The summed E-state index contributed by atoms with van der Waals surface area (Å²) in [4.78, 5) is 9.88. The van der Waals surface area contributed by atoms with E-state index in [9.17, 15) is 4.79 Å². The van der Waals surface area contributed by atoms with Crippen molar-refractivity contribution in [2.75, 3.05) is 59.8 Å². The molecule has 0 radical (unpaired) electrons. The summed E-state index contributed by atoms with van der Waals surface area (Å²) < 4.78 is 15.7. The van der Waals surface area contributed by atoms with Gasteiger partial charge in [0, 0.05) is 13.1 Å². The van der Waals surface area contributed by atoms with Crippen LogP contribution in [-0.4, -0.2) is 66.2 Å². The van der Waals surface area contributed by atoms with Crippen LogP contribution in [0, 0.1) is 0 Å². The van der Waals surface area contributed by atoms with E-state index in [2.05, 4.69) is 10.6 Å². The molecule has 0 rings (SSSR count). The summed E-state index contributed by atoms with van der Waals surface area (Å²) in [5, 5.41) is 5.49. The number of rotatable bonds is 13. The summed E-state index contributed by atoms with van der Waals surface area (Å²) >= 11 is 0. The molecule has 0 atom stereocenters. The lowest BCUT2D eigenvalue weighted by molar-refractivity contribution is -0.109. The summed E-state index contributed by atoms with van der Waals surface area (Å²) in [6.45, 7) is 4.89. The second kappa shape index (κ2) is 14.3. The molecule has 0 saturated carbocycles. The van der Waals surface area contributed by atoms with E-state index in [-0.39, 0.29) is 0 Å². The van der Waals surface area contributed by atoms with Gasteiger partial charge in [0.15, 0.2) is 0 Å². The third-order valence-electron chi connectivity index (χ3n) is 1.71. The van der Waals surface area contributed by atoms with Crippen molar-refractivity contribution < 1.29 is 19.0 Å². The van der Waals surface area contributed by atoms with Crippen molar-refractivity contribution >= 4 is 6.41 Å². The molecule has 6 heteroatoms. The number of hydrogen-bond acceptors (Lipinski definition) is 5. The molecule has 0 aliphatic rings. The second-order valence-corrected chi connectivity index (χ2v) is 3.01. The van der Waals surface area contributed by atoms with Gasteiger partial charge in [-0.25, -0.2) is 0 Å². The highest BCUT2D eigenvalue weighted by atomic mass is 16.5. The van der Waals surface area contributed by atoms with Crippen molar-refractivity contribution in [1.82, 2.24) is 10.6 Å². The maximum absolute atomic E-state index is 9.88. The molecular formula is C10H22N2O4. The number of likely N-dealkylation sites (N-methyl/N-ethyl adjacent to an activating group) is 1. The molecule has 0 bridgehead atoms. The number of ether oxygens (including phenoxy) is 3. The first kappa shape index (κ1) is 15.3. The van der Waals surface area contributed by atoms with E-state index in [0.717, 1.165) is 6.54 Å². The quantitative estimate of drug-likeness (QED) is 0.316. The first-order chi connectivity index (χ1) is 7.91. The molecule has 2 N–H and O–H groups in total. The third-order valence-corrected chi connectivity index (χ3v) is 1.71. The molecule has 0 fully saturated rings. The topological polar surface area (TPSA) is 68.8 Å². The zero-order chi connectivity index (χ0) is 11.9. The van der Waals surface area contributed by atoms with Crippen LogP contribution in [0.25, 0.3) is 0 Å².